The van der Waals surface area contributed by atoms with Gasteiger partial charge in [0.2, 0.25) is 5.91 Å². The first-order valence-corrected chi connectivity index (χ1v) is 13.2. The molecule has 36 heavy (non-hydrogen) atoms. The zero-order valence-corrected chi connectivity index (χ0v) is 21.4. The number of halogens is 3. The van der Waals surface area contributed by atoms with Crippen molar-refractivity contribution < 1.29 is 27.4 Å². The molecule has 5 rings (SSSR count). The van der Waals surface area contributed by atoms with Crippen molar-refractivity contribution in [1.29, 1.82) is 0 Å². The Morgan fingerprint density at radius 1 is 1.22 bits per heavy atom. The summed E-state index contributed by atoms with van der Waals surface area (Å²) in [5.41, 5.74) is -0.437. The van der Waals surface area contributed by atoms with Crippen LogP contribution >= 0.6 is 0 Å². The monoisotopic (exact) mass is 509 g/mol. The highest BCUT2D eigenvalue weighted by Crippen LogP contribution is 2.48. The Hall–Kier alpha value is -1.84. The normalized spacial score (nSPS) is 34.7. The Balaban J connectivity index is 1.26. The minimum absolute atomic E-state index is 0.0275. The zero-order chi connectivity index (χ0) is 25.7. The molecule has 1 amide bonds. The van der Waals surface area contributed by atoms with Gasteiger partial charge < -0.3 is 24.6 Å². The molecule has 1 N–H and O–H groups in total. The average Bonchev–Trinajstić information content (AvgIpc) is 3.58. The number of hydrogen-bond acceptors (Lipinski definition) is 5. The number of carbonyl (C=O) groups excluding carboxylic acids is 1. The first kappa shape index (κ1) is 25.8. The van der Waals surface area contributed by atoms with Crippen LogP contribution in [-0.4, -0.2) is 74.5 Å². The number of ether oxygens (including phenoxy) is 2. The van der Waals surface area contributed by atoms with Gasteiger partial charge in [0.25, 0.3) is 0 Å². The van der Waals surface area contributed by atoms with E-state index in [1.165, 1.54) is 12.1 Å². The van der Waals surface area contributed by atoms with Crippen molar-refractivity contribution in [3.63, 3.8) is 0 Å². The molecule has 0 aromatic heterocycles. The van der Waals surface area contributed by atoms with Gasteiger partial charge in [-0.1, -0.05) is 19.9 Å². The first-order chi connectivity index (χ1) is 17.1. The highest BCUT2D eigenvalue weighted by Gasteiger charge is 2.54. The molecule has 200 valence electrons. The number of piperazine rings is 1. The Kier molecular flexibility index (Phi) is 7.02. The summed E-state index contributed by atoms with van der Waals surface area (Å²) in [5.74, 6) is 0.441. The van der Waals surface area contributed by atoms with Gasteiger partial charge in [0.1, 0.15) is 0 Å². The first-order valence-electron chi connectivity index (χ1n) is 13.2. The molecule has 4 aliphatic rings. The number of anilines is 1. The Morgan fingerprint density at radius 3 is 2.69 bits per heavy atom. The SMILES string of the molecule is CO[C@@H]1COCC[C@@H]1N[C@@H]1CC[C@@](C(=O)N2C[C@@H]3C[C@H]2CN3c2cccc(C(F)(F)F)c2)(C(C)C)C1. The lowest BCUT2D eigenvalue weighted by Gasteiger charge is -2.42. The number of hydrogen-bond donors (Lipinski definition) is 1. The van der Waals surface area contributed by atoms with E-state index in [0.29, 0.717) is 25.4 Å². The number of rotatable bonds is 6. The second kappa shape index (κ2) is 9.80. The fraction of sp³-hybridized carbons (Fsp3) is 0.741. The molecule has 1 aliphatic carbocycles. The molecule has 3 heterocycles. The van der Waals surface area contributed by atoms with Gasteiger partial charge in [0, 0.05) is 50.6 Å². The van der Waals surface area contributed by atoms with Crippen LogP contribution in [0.4, 0.5) is 18.9 Å². The van der Waals surface area contributed by atoms with Crippen molar-refractivity contribution in [2.45, 2.75) is 82.4 Å². The summed E-state index contributed by atoms with van der Waals surface area (Å²) < 4.78 is 50.9. The van der Waals surface area contributed by atoms with Gasteiger partial charge >= 0.3 is 6.18 Å². The molecule has 0 spiro atoms. The molecule has 1 aromatic rings. The molecule has 3 aliphatic heterocycles. The third-order valence-corrected chi connectivity index (χ3v) is 9.14. The third-order valence-electron chi connectivity index (χ3n) is 9.14. The molecule has 9 heteroatoms. The van der Waals surface area contributed by atoms with Crippen LogP contribution in [0.5, 0.6) is 0 Å². The number of fused-ring (bicyclic) bond motifs is 2. The van der Waals surface area contributed by atoms with Crippen molar-refractivity contribution in [2.24, 2.45) is 11.3 Å². The highest BCUT2D eigenvalue weighted by molar-refractivity contribution is 5.84. The van der Waals surface area contributed by atoms with Crippen molar-refractivity contribution in [3.8, 4) is 0 Å². The quantitative estimate of drug-likeness (QED) is 0.626. The molecule has 1 aromatic carbocycles. The fourth-order valence-electron chi connectivity index (χ4n) is 7.00. The minimum atomic E-state index is -4.36. The highest BCUT2D eigenvalue weighted by atomic mass is 19.4. The van der Waals surface area contributed by atoms with Crippen molar-refractivity contribution >= 4 is 11.6 Å². The summed E-state index contributed by atoms with van der Waals surface area (Å²) in [6.07, 6.45) is 0.00114. The van der Waals surface area contributed by atoms with E-state index in [1.54, 1.807) is 13.2 Å². The summed E-state index contributed by atoms with van der Waals surface area (Å²) in [6.45, 7) is 6.78. The largest absolute Gasteiger partial charge is 0.416 e. The maximum Gasteiger partial charge on any atom is 0.416 e. The van der Waals surface area contributed by atoms with Crippen LogP contribution in [0.2, 0.25) is 0 Å². The van der Waals surface area contributed by atoms with Crippen molar-refractivity contribution in [2.75, 3.05) is 38.3 Å². The van der Waals surface area contributed by atoms with Crippen LogP contribution in [0.1, 0.15) is 51.5 Å². The molecule has 4 fully saturated rings. The molecule has 0 unspecified atom stereocenters. The van der Waals surface area contributed by atoms with E-state index in [9.17, 15) is 18.0 Å². The number of alkyl halides is 3. The molecule has 0 radical (unpaired) electrons. The van der Waals surface area contributed by atoms with Gasteiger partial charge in [0.05, 0.1) is 29.7 Å². The van der Waals surface area contributed by atoms with E-state index in [1.807, 2.05) is 4.90 Å². The standard InChI is InChI=1S/C27H38F3N3O3/c1-17(2)26(9-7-19(13-26)31-23-8-10-36-16-24(23)35-3)25(34)33-15-21-12-22(33)14-32(21)20-6-4-5-18(11-20)27(28,29)30/h4-6,11,17,19,21-24,31H,7-10,12-16H2,1-3H3/t19-,21+,22+,23+,24-,26+/m1/s1. The lowest BCUT2D eigenvalue weighted by Crippen LogP contribution is -2.55. The van der Waals surface area contributed by atoms with E-state index in [2.05, 4.69) is 24.1 Å². The predicted molar refractivity (Wildman–Crippen MR) is 131 cm³/mol. The van der Waals surface area contributed by atoms with E-state index in [4.69, 9.17) is 9.47 Å². The molecule has 2 bridgehead atoms. The molecule has 6 nitrogen and oxygen atoms in total. The summed E-state index contributed by atoms with van der Waals surface area (Å²) in [5, 5.41) is 3.78. The summed E-state index contributed by atoms with van der Waals surface area (Å²) in [7, 11) is 1.72. The molecule has 6 atom stereocenters. The zero-order valence-electron chi connectivity index (χ0n) is 21.4. The number of benzene rings is 1. The maximum absolute atomic E-state index is 14.1. The Bertz CT molecular complexity index is 958. The van der Waals surface area contributed by atoms with Crippen LogP contribution in [0.25, 0.3) is 0 Å². The number of methoxy groups -OCH3 is 1. The lowest BCUT2D eigenvalue weighted by molar-refractivity contribution is -0.146. The third kappa shape index (κ3) is 4.63. The van der Waals surface area contributed by atoms with Gasteiger partial charge in [-0.25, -0.2) is 0 Å². The topological polar surface area (TPSA) is 54.0 Å². The van der Waals surface area contributed by atoms with Gasteiger partial charge in [0.15, 0.2) is 0 Å². The van der Waals surface area contributed by atoms with Gasteiger partial charge in [-0.2, -0.15) is 13.2 Å². The van der Waals surface area contributed by atoms with Crippen LogP contribution in [0, 0.1) is 11.3 Å². The van der Waals surface area contributed by atoms with Gasteiger partial charge in [-0.3, -0.25) is 4.79 Å². The number of nitrogens with one attached hydrogen (secondary N) is 1. The molecule has 3 saturated heterocycles. The van der Waals surface area contributed by atoms with E-state index >= 15 is 0 Å². The van der Waals surface area contributed by atoms with E-state index < -0.39 is 17.2 Å². The number of carbonyl (C=O) groups is 1. The van der Waals surface area contributed by atoms with Crippen LogP contribution < -0.4 is 10.2 Å². The maximum atomic E-state index is 14.1. The second-order valence-corrected chi connectivity index (χ2v) is 11.4. The van der Waals surface area contributed by atoms with Crippen LogP contribution in [0.3, 0.4) is 0 Å². The van der Waals surface area contributed by atoms with E-state index in [0.717, 1.165) is 44.8 Å². The van der Waals surface area contributed by atoms with Crippen molar-refractivity contribution in [3.05, 3.63) is 29.8 Å². The number of amides is 1. The lowest BCUT2D eigenvalue weighted by atomic mass is 9.74. The molecule has 1 saturated carbocycles. The fourth-order valence-corrected chi connectivity index (χ4v) is 7.00. The number of nitrogens with zero attached hydrogens (tertiary/aromatic N) is 2. The average molecular weight is 510 g/mol. The number of likely N-dealkylation sites (tertiary alicyclic amines) is 1. The summed E-state index contributed by atoms with van der Waals surface area (Å²) in [4.78, 5) is 18.2. The smallest absolute Gasteiger partial charge is 0.379 e. The summed E-state index contributed by atoms with van der Waals surface area (Å²) in [6, 6.07) is 6.17. The van der Waals surface area contributed by atoms with Gasteiger partial charge in [-0.15, -0.1) is 0 Å². The van der Waals surface area contributed by atoms with E-state index in [-0.39, 0.29) is 42.1 Å². The van der Waals surface area contributed by atoms with Crippen LogP contribution in [0.15, 0.2) is 24.3 Å². The Morgan fingerprint density at radius 2 is 2.03 bits per heavy atom. The minimum Gasteiger partial charge on any atom is -0.379 e. The van der Waals surface area contributed by atoms with Crippen LogP contribution in [-0.2, 0) is 20.4 Å². The van der Waals surface area contributed by atoms with Crippen molar-refractivity contribution in [1.82, 2.24) is 10.2 Å². The molecular weight excluding hydrogens is 471 g/mol. The summed E-state index contributed by atoms with van der Waals surface area (Å²) >= 11 is 0. The predicted octanol–water partition coefficient (Wildman–Crippen LogP) is 4.08. The Labute approximate surface area is 211 Å². The second-order valence-electron chi connectivity index (χ2n) is 11.4. The van der Waals surface area contributed by atoms with Gasteiger partial charge in [-0.05, 0) is 56.2 Å². The molecular formula is C27H38F3N3O3.